The SMILES string of the molecule is Cc1ocnc1-c1nc(N2CC3CC3C2)n[nH]1. The van der Waals surface area contributed by atoms with E-state index in [9.17, 15) is 0 Å². The van der Waals surface area contributed by atoms with E-state index in [1.54, 1.807) is 0 Å². The zero-order chi connectivity index (χ0) is 11.4. The molecule has 2 fully saturated rings. The third-order valence-corrected chi connectivity index (χ3v) is 3.70. The van der Waals surface area contributed by atoms with E-state index in [1.807, 2.05) is 6.92 Å². The summed E-state index contributed by atoms with van der Waals surface area (Å²) in [5, 5.41) is 7.19. The van der Waals surface area contributed by atoms with E-state index in [0.29, 0.717) is 5.82 Å². The van der Waals surface area contributed by atoms with Gasteiger partial charge in [-0.2, -0.15) is 4.98 Å². The second-order valence-corrected chi connectivity index (χ2v) is 4.90. The molecule has 0 aromatic carbocycles. The van der Waals surface area contributed by atoms with Crippen LogP contribution in [0.1, 0.15) is 12.2 Å². The molecule has 1 saturated carbocycles. The molecule has 2 aromatic rings. The summed E-state index contributed by atoms with van der Waals surface area (Å²) in [6, 6.07) is 0. The van der Waals surface area contributed by atoms with Gasteiger partial charge in [0.1, 0.15) is 11.5 Å². The van der Waals surface area contributed by atoms with Crippen LogP contribution in [-0.2, 0) is 0 Å². The molecule has 1 aliphatic heterocycles. The molecule has 1 saturated heterocycles. The van der Waals surface area contributed by atoms with Gasteiger partial charge in [0.05, 0.1) is 0 Å². The average molecular weight is 231 g/mol. The summed E-state index contributed by atoms with van der Waals surface area (Å²) in [5.41, 5.74) is 0.744. The Morgan fingerprint density at radius 1 is 1.41 bits per heavy atom. The van der Waals surface area contributed by atoms with Gasteiger partial charge < -0.3 is 9.32 Å². The third-order valence-electron chi connectivity index (χ3n) is 3.70. The number of fused-ring (bicyclic) bond motifs is 1. The molecule has 6 heteroatoms. The van der Waals surface area contributed by atoms with Crippen molar-refractivity contribution in [2.24, 2.45) is 11.8 Å². The molecule has 1 N–H and O–H groups in total. The van der Waals surface area contributed by atoms with Gasteiger partial charge in [0, 0.05) is 13.1 Å². The number of nitrogens with zero attached hydrogens (tertiary/aromatic N) is 4. The van der Waals surface area contributed by atoms with Gasteiger partial charge >= 0.3 is 0 Å². The van der Waals surface area contributed by atoms with Gasteiger partial charge in [-0.1, -0.05) is 0 Å². The van der Waals surface area contributed by atoms with Gasteiger partial charge in [-0.3, -0.25) is 5.10 Å². The summed E-state index contributed by atoms with van der Waals surface area (Å²) in [5.74, 6) is 4.00. The lowest BCUT2D eigenvalue weighted by Crippen LogP contribution is -2.22. The maximum absolute atomic E-state index is 5.17. The number of oxazole rings is 1. The second-order valence-electron chi connectivity index (χ2n) is 4.90. The van der Waals surface area contributed by atoms with Gasteiger partial charge in [-0.25, -0.2) is 4.98 Å². The highest BCUT2D eigenvalue weighted by atomic mass is 16.3. The van der Waals surface area contributed by atoms with Crippen LogP contribution in [0.25, 0.3) is 11.5 Å². The smallest absolute Gasteiger partial charge is 0.245 e. The molecular formula is C11H13N5O. The van der Waals surface area contributed by atoms with Crippen LogP contribution in [0.3, 0.4) is 0 Å². The number of hydrogen-bond acceptors (Lipinski definition) is 5. The summed E-state index contributed by atoms with van der Waals surface area (Å²) < 4.78 is 5.17. The first kappa shape index (κ1) is 9.21. The van der Waals surface area contributed by atoms with Crippen LogP contribution in [-0.4, -0.2) is 33.3 Å². The molecule has 4 rings (SSSR count). The summed E-state index contributed by atoms with van der Waals surface area (Å²) in [7, 11) is 0. The minimum absolute atomic E-state index is 0.687. The van der Waals surface area contributed by atoms with Crippen molar-refractivity contribution >= 4 is 5.95 Å². The molecule has 0 amide bonds. The van der Waals surface area contributed by atoms with Crippen molar-refractivity contribution in [2.75, 3.05) is 18.0 Å². The number of aromatic amines is 1. The fraction of sp³-hybridized carbons (Fsp3) is 0.545. The number of aromatic nitrogens is 4. The summed E-state index contributed by atoms with van der Waals surface area (Å²) in [6.45, 7) is 4.06. The molecule has 2 atom stereocenters. The van der Waals surface area contributed by atoms with Crippen molar-refractivity contribution in [1.29, 1.82) is 0 Å². The number of H-pyrrole nitrogens is 1. The monoisotopic (exact) mass is 231 g/mol. The van der Waals surface area contributed by atoms with E-state index in [-0.39, 0.29) is 0 Å². The van der Waals surface area contributed by atoms with E-state index in [0.717, 1.165) is 42.3 Å². The zero-order valence-corrected chi connectivity index (χ0v) is 9.55. The standard InChI is InChI=1S/C11H13N5O/c1-6-9(12-5-17-6)10-13-11(15-14-10)16-3-7-2-8(7)4-16/h5,7-8H,2-4H2,1H3,(H,13,14,15). The topological polar surface area (TPSA) is 70.8 Å². The van der Waals surface area contributed by atoms with Crippen molar-refractivity contribution in [3.8, 4) is 11.5 Å². The Labute approximate surface area is 98.1 Å². The Balaban J connectivity index is 1.63. The number of piperidine rings is 1. The van der Waals surface area contributed by atoms with E-state index in [1.165, 1.54) is 12.8 Å². The molecule has 17 heavy (non-hydrogen) atoms. The highest BCUT2D eigenvalue weighted by Gasteiger charge is 2.46. The van der Waals surface area contributed by atoms with Crippen LogP contribution in [0, 0.1) is 18.8 Å². The Morgan fingerprint density at radius 2 is 2.24 bits per heavy atom. The van der Waals surface area contributed by atoms with E-state index >= 15 is 0 Å². The molecule has 6 nitrogen and oxygen atoms in total. The molecule has 2 aliphatic rings. The highest BCUT2D eigenvalue weighted by molar-refractivity contribution is 5.53. The van der Waals surface area contributed by atoms with Crippen molar-refractivity contribution in [1.82, 2.24) is 20.2 Å². The molecule has 0 spiro atoms. The van der Waals surface area contributed by atoms with Crippen LogP contribution in [0.5, 0.6) is 0 Å². The van der Waals surface area contributed by atoms with Crippen molar-refractivity contribution in [3.63, 3.8) is 0 Å². The summed E-state index contributed by atoms with van der Waals surface area (Å²) in [4.78, 5) is 10.9. The van der Waals surface area contributed by atoms with E-state index in [2.05, 4.69) is 25.1 Å². The van der Waals surface area contributed by atoms with Gasteiger partial charge in [-0.15, -0.1) is 5.10 Å². The number of aryl methyl sites for hydroxylation is 1. The van der Waals surface area contributed by atoms with Crippen LogP contribution in [0.4, 0.5) is 5.95 Å². The minimum Gasteiger partial charge on any atom is -0.448 e. The fourth-order valence-electron chi connectivity index (χ4n) is 2.59. The van der Waals surface area contributed by atoms with E-state index in [4.69, 9.17) is 4.42 Å². The van der Waals surface area contributed by atoms with E-state index < -0.39 is 0 Å². The molecule has 0 bridgehead atoms. The zero-order valence-electron chi connectivity index (χ0n) is 9.55. The van der Waals surface area contributed by atoms with Crippen LogP contribution < -0.4 is 4.90 Å². The highest BCUT2D eigenvalue weighted by Crippen LogP contribution is 2.45. The van der Waals surface area contributed by atoms with Crippen LogP contribution in [0.2, 0.25) is 0 Å². The Hall–Kier alpha value is -1.85. The summed E-state index contributed by atoms with van der Waals surface area (Å²) >= 11 is 0. The first-order valence-corrected chi connectivity index (χ1v) is 5.89. The maximum Gasteiger partial charge on any atom is 0.245 e. The molecule has 0 radical (unpaired) electrons. The molecule has 2 aromatic heterocycles. The van der Waals surface area contributed by atoms with Crippen molar-refractivity contribution < 1.29 is 4.42 Å². The first-order valence-electron chi connectivity index (χ1n) is 5.89. The lowest BCUT2D eigenvalue weighted by molar-refractivity contribution is 0.527. The quantitative estimate of drug-likeness (QED) is 0.841. The maximum atomic E-state index is 5.17. The number of rotatable bonds is 2. The minimum atomic E-state index is 0.687. The normalized spacial score (nSPS) is 26.3. The van der Waals surface area contributed by atoms with Crippen molar-refractivity contribution in [2.45, 2.75) is 13.3 Å². The summed E-state index contributed by atoms with van der Waals surface area (Å²) in [6.07, 6.45) is 2.81. The predicted octanol–water partition coefficient (Wildman–Crippen LogP) is 1.22. The number of anilines is 1. The lowest BCUT2D eigenvalue weighted by atomic mass is 10.3. The first-order chi connectivity index (χ1) is 8.31. The fourth-order valence-corrected chi connectivity index (χ4v) is 2.59. The van der Waals surface area contributed by atoms with Gasteiger partial charge in [-0.05, 0) is 25.2 Å². The Kier molecular flexibility index (Phi) is 1.67. The van der Waals surface area contributed by atoms with Gasteiger partial charge in [0.25, 0.3) is 0 Å². The van der Waals surface area contributed by atoms with Crippen LogP contribution >= 0.6 is 0 Å². The third kappa shape index (κ3) is 1.36. The lowest BCUT2D eigenvalue weighted by Gasteiger charge is -2.14. The molecular weight excluding hydrogens is 218 g/mol. The molecule has 2 unspecified atom stereocenters. The molecule has 3 heterocycles. The second kappa shape index (κ2) is 3.09. The van der Waals surface area contributed by atoms with Gasteiger partial charge in [0.15, 0.2) is 12.2 Å². The van der Waals surface area contributed by atoms with Crippen LogP contribution in [0.15, 0.2) is 10.8 Å². The Morgan fingerprint density at radius 3 is 2.94 bits per heavy atom. The predicted molar refractivity (Wildman–Crippen MR) is 60.4 cm³/mol. The van der Waals surface area contributed by atoms with Gasteiger partial charge in [0.2, 0.25) is 5.95 Å². The largest absolute Gasteiger partial charge is 0.448 e. The Bertz CT molecular complexity index is 550. The number of nitrogens with one attached hydrogen (secondary N) is 1. The molecule has 88 valence electrons. The molecule has 1 aliphatic carbocycles. The number of hydrogen-bond donors (Lipinski definition) is 1. The average Bonchev–Trinajstić information content (AvgIpc) is 2.82. The van der Waals surface area contributed by atoms with Crippen molar-refractivity contribution in [3.05, 3.63) is 12.2 Å².